The summed E-state index contributed by atoms with van der Waals surface area (Å²) in [6.07, 6.45) is 2.29. The summed E-state index contributed by atoms with van der Waals surface area (Å²) in [7, 11) is 0. The van der Waals surface area contributed by atoms with E-state index in [-0.39, 0.29) is 36.9 Å². The van der Waals surface area contributed by atoms with Crippen molar-refractivity contribution in [3.8, 4) is 11.6 Å². The van der Waals surface area contributed by atoms with E-state index in [0.29, 0.717) is 30.0 Å². The Kier molecular flexibility index (Phi) is 7.50. The number of aryl methyl sites for hydroxylation is 1. The summed E-state index contributed by atoms with van der Waals surface area (Å²) in [4.78, 5) is 24.8. The van der Waals surface area contributed by atoms with Crippen LogP contribution < -0.4 is 11.1 Å². The molecule has 10 nitrogen and oxygen atoms in total. The van der Waals surface area contributed by atoms with Gasteiger partial charge in [-0.1, -0.05) is 30.3 Å². The topological polar surface area (TPSA) is 143 Å². The number of carbonyl (C=O) groups excluding carboxylic acids is 1. The second kappa shape index (κ2) is 11.0. The first-order valence-corrected chi connectivity index (χ1v) is 13.5. The molecule has 1 aromatic carbocycles. The van der Waals surface area contributed by atoms with Gasteiger partial charge < -0.3 is 25.5 Å². The minimum absolute atomic E-state index is 0.0578. The molecule has 0 saturated carbocycles. The van der Waals surface area contributed by atoms with Gasteiger partial charge in [-0.15, -0.1) is 21.5 Å². The number of hydrogen-bond donors (Lipinski definition) is 3. The standard InChI is InChI=1S/C27H31N7O3S/c1-17-16-38-24(30-17)21-9-6-11-34(21)25(36)19-13-20(31-22(14-19)29-10-12-35)23-32-33-26(37-23)27(2,28)15-18-7-4-3-5-8-18/h3-5,7-8,13-14,16,21,35H,6,9-12,15,28H2,1-2H3,(H,29,31)/t21-,27-/m1/s1. The summed E-state index contributed by atoms with van der Waals surface area (Å²) in [6, 6.07) is 13.1. The van der Waals surface area contributed by atoms with Crippen molar-refractivity contribution < 1.29 is 14.3 Å². The van der Waals surface area contributed by atoms with Gasteiger partial charge in [0.1, 0.15) is 16.5 Å². The molecule has 0 bridgehead atoms. The summed E-state index contributed by atoms with van der Waals surface area (Å²) in [5, 5.41) is 23.7. The Morgan fingerprint density at radius 1 is 1.26 bits per heavy atom. The predicted molar refractivity (Wildman–Crippen MR) is 145 cm³/mol. The quantitative estimate of drug-likeness (QED) is 0.293. The molecule has 3 aromatic heterocycles. The molecule has 1 aliphatic heterocycles. The second-order valence-electron chi connectivity index (χ2n) is 9.75. The highest BCUT2D eigenvalue weighted by molar-refractivity contribution is 7.09. The molecule has 1 fully saturated rings. The molecule has 0 spiro atoms. The molecule has 38 heavy (non-hydrogen) atoms. The van der Waals surface area contributed by atoms with Gasteiger partial charge in [-0.3, -0.25) is 4.79 Å². The number of thiazole rings is 1. The zero-order valence-electron chi connectivity index (χ0n) is 21.4. The normalized spacial score (nSPS) is 16.9. The lowest BCUT2D eigenvalue weighted by atomic mass is 9.94. The number of anilines is 1. The number of aliphatic hydroxyl groups is 1. The fourth-order valence-electron chi connectivity index (χ4n) is 4.65. The van der Waals surface area contributed by atoms with Crippen molar-refractivity contribution in [2.24, 2.45) is 5.73 Å². The van der Waals surface area contributed by atoms with E-state index in [1.165, 1.54) is 0 Å². The van der Waals surface area contributed by atoms with E-state index >= 15 is 0 Å². The van der Waals surface area contributed by atoms with Gasteiger partial charge in [0, 0.05) is 29.7 Å². The Labute approximate surface area is 224 Å². The van der Waals surface area contributed by atoms with Crippen LogP contribution in [0.3, 0.4) is 0 Å². The molecule has 4 heterocycles. The van der Waals surface area contributed by atoms with Gasteiger partial charge in [-0.2, -0.15) is 0 Å². The molecule has 4 aromatic rings. The van der Waals surface area contributed by atoms with Crippen molar-refractivity contribution in [1.29, 1.82) is 0 Å². The molecule has 1 aliphatic rings. The third-order valence-corrected chi connectivity index (χ3v) is 7.54. The summed E-state index contributed by atoms with van der Waals surface area (Å²) < 4.78 is 6.00. The van der Waals surface area contributed by atoms with Gasteiger partial charge in [0.2, 0.25) is 5.89 Å². The number of benzene rings is 1. The average molecular weight is 534 g/mol. The van der Waals surface area contributed by atoms with Crippen LogP contribution in [0.2, 0.25) is 0 Å². The lowest BCUT2D eigenvalue weighted by Gasteiger charge is -2.23. The lowest BCUT2D eigenvalue weighted by molar-refractivity contribution is 0.0735. The Hall–Kier alpha value is -3.67. The van der Waals surface area contributed by atoms with Crippen LogP contribution in [0.15, 0.2) is 52.3 Å². The Morgan fingerprint density at radius 2 is 2.08 bits per heavy atom. The van der Waals surface area contributed by atoms with Crippen molar-refractivity contribution in [3.63, 3.8) is 0 Å². The number of aliphatic hydroxyl groups excluding tert-OH is 1. The van der Waals surface area contributed by atoms with Gasteiger partial charge >= 0.3 is 0 Å². The van der Waals surface area contributed by atoms with Gasteiger partial charge in [-0.25, -0.2) is 9.97 Å². The first-order chi connectivity index (χ1) is 18.3. The van der Waals surface area contributed by atoms with Crippen LogP contribution in [0.4, 0.5) is 5.82 Å². The average Bonchev–Trinajstić information content (AvgIpc) is 3.68. The molecule has 0 aliphatic carbocycles. The molecule has 1 saturated heterocycles. The van der Waals surface area contributed by atoms with E-state index in [4.69, 9.17) is 10.2 Å². The summed E-state index contributed by atoms with van der Waals surface area (Å²) in [6.45, 7) is 4.65. The first kappa shape index (κ1) is 26.0. The highest BCUT2D eigenvalue weighted by Gasteiger charge is 2.33. The minimum atomic E-state index is -0.896. The third-order valence-electron chi connectivity index (χ3n) is 6.47. The van der Waals surface area contributed by atoms with Crippen molar-refractivity contribution in [3.05, 3.63) is 75.6 Å². The SMILES string of the molecule is Cc1csc([C@H]2CCCN2C(=O)c2cc(NCCO)nc(-c3nnc([C@](C)(N)Cc4ccccc4)o3)c2)n1. The maximum atomic E-state index is 13.7. The Bertz CT molecular complexity index is 1400. The van der Waals surface area contributed by atoms with Crippen LogP contribution in [-0.4, -0.2) is 55.8 Å². The number of carbonyl (C=O) groups is 1. The second-order valence-corrected chi connectivity index (χ2v) is 10.6. The zero-order chi connectivity index (χ0) is 26.7. The van der Waals surface area contributed by atoms with E-state index in [2.05, 4.69) is 25.5 Å². The maximum Gasteiger partial charge on any atom is 0.266 e. The van der Waals surface area contributed by atoms with E-state index in [9.17, 15) is 9.90 Å². The van der Waals surface area contributed by atoms with Crippen molar-refractivity contribution in [2.45, 2.75) is 44.7 Å². The molecule has 0 unspecified atom stereocenters. The van der Waals surface area contributed by atoms with Crippen LogP contribution >= 0.6 is 11.3 Å². The smallest absolute Gasteiger partial charge is 0.266 e. The van der Waals surface area contributed by atoms with Gasteiger partial charge in [-0.05, 0) is 50.8 Å². The van der Waals surface area contributed by atoms with E-state index in [1.54, 1.807) is 23.5 Å². The lowest BCUT2D eigenvalue weighted by Crippen LogP contribution is -2.35. The largest absolute Gasteiger partial charge is 0.417 e. The molecule has 198 valence electrons. The molecule has 4 N–H and O–H groups in total. The number of nitrogens with one attached hydrogen (secondary N) is 1. The number of pyridine rings is 1. The number of hydrogen-bond acceptors (Lipinski definition) is 10. The third kappa shape index (κ3) is 5.59. The van der Waals surface area contributed by atoms with E-state index in [1.807, 2.05) is 54.5 Å². The van der Waals surface area contributed by atoms with Gasteiger partial charge in [0.05, 0.1) is 18.2 Å². The molecule has 1 amide bonds. The van der Waals surface area contributed by atoms with Crippen LogP contribution in [0.5, 0.6) is 0 Å². The summed E-state index contributed by atoms with van der Waals surface area (Å²) in [5.74, 6) is 0.752. The van der Waals surface area contributed by atoms with Gasteiger partial charge in [0.25, 0.3) is 11.8 Å². The number of likely N-dealkylation sites (tertiary alicyclic amines) is 1. The van der Waals surface area contributed by atoms with Crippen LogP contribution in [0, 0.1) is 6.92 Å². The first-order valence-electron chi connectivity index (χ1n) is 12.6. The van der Waals surface area contributed by atoms with Crippen LogP contribution in [-0.2, 0) is 12.0 Å². The maximum absolute atomic E-state index is 13.7. The summed E-state index contributed by atoms with van der Waals surface area (Å²) in [5.41, 5.74) is 8.47. The molecule has 0 radical (unpaired) electrons. The van der Waals surface area contributed by atoms with Crippen LogP contribution in [0.25, 0.3) is 11.6 Å². The minimum Gasteiger partial charge on any atom is -0.417 e. The molecule has 2 atom stereocenters. The fraction of sp³-hybridized carbons (Fsp3) is 0.370. The number of nitrogens with two attached hydrogens (primary N) is 1. The molecule has 5 rings (SSSR count). The fourth-order valence-corrected chi connectivity index (χ4v) is 5.59. The van der Waals surface area contributed by atoms with E-state index < -0.39 is 5.54 Å². The summed E-state index contributed by atoms with van der Waals surface area (Å²) >= 11 is 1.58. The number of rotatable bonds is 9. The van der Waals surface area contributed by atoms with E-state index in [0.717, 1.165) is 29.1 Å². The Morgan fingerprint density at radius 3 is 2.82 bits per heavy atom. The highest BCUT2D eigenvalue weighted by Crippen LogP contribution is 2.35. The molecular weight excluding hydrogens is 502 g/mol. The monoisotopic (exact) mass is 533 g/mol. The predicted octanol–water partition coefficient (Wildman–Crippen LogP) is 3.69. The number of amides is 1. The van der Waals surface area contributed by atoms with Gasteiger partial charge in [0.15, 0.2) is 0 Å². The molecular formula is C27H31N7O3S. The Balaban J connectivity index is 1.44. The zero-order valence-corrected chi connectivity index (χ0v) is 22.2. The number of aromatic nitrogens is 4. The highest BCUT2D eigenvalue weighted by atomic mass is 32.1. The van der Waals surface area contributed by atoms with Crippen molar-refractivity contribution in [1.82, 2.24) is 25.1 Å². The molecule has 11 heteroatoms. The number of nitrogens with zero attached hydrogens (tertiary/aromatic N) is 5. The van der Waals surface area contributed by atoms with Crippen LogP contribution in [0.1, 0.15) is 58.3 Å². The van der Waals surface area contributed by atoms with Crippen molar-refractivity contribution >= 4 is 23.1 Å². The van der Waals surface area contributed by atoms with Crippen molar-refractivity contribution in [2.75, 3.05) is 25.0 Å².